The van der Waals surface area contributed by atoms with Gasteiger partial charge in [0.05, 0.1) is 11.3 Å². The Balaban J connectivity index is 1.82. The second kappa shape index (κ2) is 6.64. The van der Waals surface area contributed by atoms with Gasteiger partial charge < -0.3 is 19.9 Å². The molecule has 0 unspecified atom stereocenters. The maximum Gasteiger partial charge on any atom is 0.355 e. The van der Waals surface area contributed by atoms with E-state index >= 15 is 0 Å². The molecule has 6 nitrogen and oxygen atoms in total. The summed E-state index contributed by atoms with van der Waals surface area (Å²) in [5.74, 6) is -1.54. The highest BCUT2D eigenvalue weighted by molar-refractivity contribution is 6.42. The fourth-order valence-electron chi connectivity index (χ4n) is 2.08. The molecule has 0 amide bonds. The Bertz CT molecular complexity index is 819. The monoisotopic (exact) mass is 345 g/mol. The highest BCUT2D eigenvalue weighted by Crippen LogP contribution is 2.31. The molecule has 1 atom stereocenters. The summed E-state index contributed by atoms with van der Waals surface area (Å²) < 4.78 is 10.2. The summed E-state index contributed by atoms with van der Waals surface area (Å²) in [4.78, 5) is 23.8. The highest BCUT2D eigenvalue weighted by Gasteiger charge is 2.37. The Kier molecular flexibility index (Phi) is 4.39. The van der Waals surface area contributed by atoms with E-state index in [1.165, 1.54) is 6.07 Å². The van der Waals surface area contributed by atoms with Crippen molar-refractivity contribution in [2.75, 3.05) is 5.32 Å². The van der Waals surface area contributed by atoms with Gasteiger partial charge in [0.15, 0.2) is 5.03 Å². The first-order valence-electron chi connectivity index (χ1n) is 6.98. The number of carbonyl (C=O) groups excluding carboxylic acids is 2. The van der Waals surface area contributed by atoms with E-state index < -0.39 is 18.2 Å². The molecule has 0 saturated carbocycles. The topological polar surface area (TPSA) is 84.9 Å². The zero-order valence-electron chi connectivity index (χ0n) is 12.2. The number of halogens is 1. The lowest BCUT2D eigenvalue weighted by atomic mass is 10.2. The molecule has 7 heteroatoms. The van der Waals surface area contributed by atoms with Gasteiger partial charge in [-0.1, -0.05) is 41.9 Å². The Morgan fingerprint density at radius 3 is 2.50 bits per heavy atom. The van der Waals surface area contributed by atoms with Crippen LogP contribution in [0.5, 0.6) is 5.75 Å². The van der Waals surface area contributed by atoms with Crippen LogP contribution in [-0.2, 0) is 14.3 Å². The third kappa shape index (κ3) is 3.18. The van der Waals surface area contributed by atoms with E-state index in [1.807, 2.05) is 0 Å². The molecule has 24 heavy (non-hydrogen) atoms. The molecular weight excluding hydrogens is 334 g/mol. The molecule has 3 rings (SSSR count). The van der Waals surface area contributed by atoms with Crippen LogP contribution in [0.4, 0.5) is 5.69 Å². The minimum absolute atomic E-state index is 0.0486. The van der Waals surface area contributed by atoms with Crippen LogP contribution in [0.1, 0.15) is 10.4 Å². The summed E-state index contributed by atoms with van der Waals surface area (Å²) in [5, 5.41) is 12.3. The van der Waals surface area contributed by atoms with E-state index in [0.29, 0.717) is 11.3 Å². The number of benzene rings is 2. The molecule has 2 aromatic carbocycles. The number of anilines is 1. The number of carbonyl (C=O) groups is 2. The number of hydrogen-bond donors (Lipinski definition) is 2. The van der Waals surface area contributed by atoms with Gasteiger partial charge in [0.25, 0.3) is 6.29 Å². The van der Waals surface area contributed by atoms with Gasteiger partial charge in [-0.3, -0.25) is 0 Å². The normalized spacial score (nSPS) is 16.7. The highest BCUT2D eigenvalue weighted by atomic mass is 35.5. The molecule has 2 aromatic rings. The fraction of sp³-hybridized carbons (Fsp3) is 0.0588. The molecule has 0 aromatic heterocycles. The number of esters is 2. The summed E-state index contributed by atoms with van der Waals surface area (Å²) in [5.41, 5.74) is 0.649. The molecule has 0 saturated heterocycles. The van der Waals surface area contributed by atoms with Crippen molar-refractivity contribution < 1.29 is 24.2 Å². The molecule has 0 spiro atoms. The first-order chi connectivity index (χ1) is 11.6. The number of phenols is 1. The minimum atomic E-state index is -1.32. The third-order valence-corrected chi connectivity index (χ3v) is 3.62. The third-order valence-electron chi connectivity index (χ3n) is 3.26. The molecule has 0 bridgehead atoms. The van der Waals surface area contributed by atoms with E-state index in [4.69, 9.17) is 21.1 Å². The number of hydrogen-bond acceptors (Lipinski definition) is 6. The summed E-state index contributed by atoms with van der Waals surface area (Å²) in [6.45, 7) is 0. The Hall–Kier alpha value is -2.99. The van der Waals surface area contributed by atoms with Crippen LogP contribution < -0.4 is 5.32 Å². The summed E-state index contributed by atoms with van der Waals surface area (Å²) in [6, 6.07) is 14.6. The summed E-state index contributed by atoms with van der Waals surface area (Å²) in [7, 11) is 0. The van der Waals surface area contributed by atoms with Gasteiger partial charge in [0, 0.05) is 0 Å². The summed E-state index contributed by atoms with van der Waals surface area (Å²) >= 11 is 5.92. The largest absolute Gasteiger partial charge is 0.506 e. The van der Waals surface area contributed by atoms with Crippen LogP contribution in [0.3, 0.4) is 0 Å². The number of aromatic hydroxyl groups is 1. The van der Waals surface area contributed by atoms with Gasteiger partial charge >= 0.3 is 11.9 Å². The average Bonchev–Trinajstić information content (AvgIpc) is 2.85. The van der Waals surface area contributed by atoms with Gasteiger partial charge in [0.1, 0.15) is 11.4 Å². The first-order valence-corrected chi connectivity index (χ1v) is 7.36. The SMILES string of the molecule is O=C1O[C@@H](OC(=O)c2ccccc2)C(Nc2ccccc2O)=C1Cl. The van der Waals surface area contributed by atoms with Gasteiger partial charge in [-0.15, -0.1) is 0 Å². The van der Waals surface area contributed by atoms with Gasteiger partial charge in [-0.2, -0.15) is 0 Å². The second-order valence-corrected chi connectivity index (χ2v) is 5.26. The molecule has 1 aliphatic rings. The number of phenolic OH excluding ortho intramolecular Hbond substituents is 1. The maximum absolute atomic E-state index is 12.1. The lowest BCUT2D eigenvalue weighted by Crippen LogP contribution is -2.24. The molecule has 0 aliphatic carbocycles. The zero-order valence-corrected chi connectivity index (χ0v) is 13.0. The van der Waals surface area contributed by atoms with Crippen LogP contribution in [-0.4, -0.2) is 23.3 Å². The van der Waals surface area contributed by atoms with Crippen LogP contribution in [0.2, 0.25) is 0 Å². The van der Waals surface area contributed by atoms with Crippen molar-refractivity contribution in [2.45, 2.75) is 6.29 Å². The molecule has 0 radical (unpaired) electrons. The number of para-hydroxylation sites is 2. The first kappa shape index (κ1) is 15.9. The van der Waals surface area contributed by atoms with E-state index in [2.05, 4.69) is 5.32 Å². The quantitative estimate of drug-likeness (QED) is 0.654. The standard InChI is InChI=1S/C17H12ClNO5/c18-13-14(19-11-8-4-5-9-12(11)20)17(24-16(13)22)23-15(21)10-6-2-1-3-7-10/h1-9,17,19-20H/t17-/m1/s1. The Labute approximate surface area is 142 Å². The van der Waals surface area contributed by atoms with Crippen LogP contribution in [0.15, 0.2) is 65.3 Å². The zero-order chi connectivity index (χ0) is 17.1. The Morgan fingerprint density at radius 2 is 1.79 bits per heavy atom. The number of cyclic esters (lactones) is 1. The summed E-state index contributed by atoms with van der Waals surface area (Å²) in [6.07, 6.45) is -1.32. The maximum atomic E-state index is 12.1. The molecule has 1 heterocycles. The lowest BCUT2D eigenvalue weighted by Gasteiger charge is -2.16. The molecule has 2 N–H and O–H groups in total. The minimum Gasteiger partial charge on any atom is -0.506 e. The number of rotatable bonds is 4. The number of ether oxygens (including phenoxy) is 2. The van der Waals surface area contributed by atoms with E-state index in [0.717, 1.165) is 0 Å². The molecule has 1 aliphatic heterocycles. The van der Waals surface area contributed by atoms with Gasteiger partial charge in [0.2, 0.25) is 0 Å². The molecule has 0 fully saturated rings. The lowest BCUT2D eigenvalue weighted by molar-refractivity contribution is -0.152. The second-order valence-electron chi connectivity index (χ2n) is 4.88. The smallest absolute Gasteiger partial charge is 0.355 e. The van der Waals surface area contributed by atoms with Crippen molar-refractivity contribution in [2.24, 2.45) is 0 Å². The van der Waals surface area contributed by atoms with Gasteiger partial charge in [-0.25, -0.2) is 9.59 Å². The van der Waals surface area contributed by atoms with Crippen LogP contribution in [0, 0.1) is 0 Å². The molecule has 122 valence electrons. The fourth-order valence-corrected chi connectivity index (χ4v) is 2.26. The van der Waals surface area contributed by atoms with Crippen molar-refractivity contribution in [3.63, 3.8) is 0 Å². The van der Waals surface area contributed by atoms with E-state index in [9.17, 15) is 14.7 Å². The predicted octanol–water partition coefficient (Wildman–Crippen LogP) is 2.99. The van der Waals surface area contributed by atoms with Crippen molar-refractivity contribution in [3.05, 3.63) is 70.9 Å². The van der Waals surface area contributed by atoms with Crippen molar-refractivity contribution in [3.8, 4) is 5.75 Å². The van der Waals surface area contributed by atoms with E-state index in [1.54, 1.807) is 48.5 Å². The van der Waals surface area contributed by atoms with Crippen LogP contribution in [0.25, 0.3) is 0 Å². The Morgan fingerprint density at radius 1 is 1.12 bits per heavy atom. The average molecular weight is 346 g/mol. The molecular formula is C17H12ClNO5. The van der Waals surface area contributed by atoms with Crippen molar-refractivity contribution in [1.82, 2.24) is 0 Å². The van der Waals surface area contributed by atoms with E-state index in [-0.39, 0.29) is 16.5 Å². The predicted molar refractivity (Wildman–Crippen MR) is 86.3 cm³/mol. The van der Waals surface area contributed by atoms with Crippen LogP contribution >= 0.6 is 11.6 Å². The number of nitrogens with one attached hydrogen (secondary N) is 1. The van der Waals surface area contributed by atoms with Crippen molar-refractivity contribution in [1.29, 1.82) is 0 Å². The van der Waals surface area contributed by atoms with Crippen molar-refractivity contribution >= 4 is 29.2 Å². The van der Waals surface area contributed by atoms with Gasteiger partial charge in [-0.05, 0) is 24.3 Å².